The molecule has 0 radical (unpaired) electrons. The number of alkyl halides is 4. The molecule has 13 heavy (non-hydrogen) atoms. The lowest BCUT2D eigenvalue weighted by Gasteiger charge is -2.13. The second-order valence-electron chi connectivity index (χ2n) is 2.14. The minimum absolute atomic E-state index is 0.962. The van der Waals surface area contributed by atoms with Gasteiger partial charge in [-0.3, -0.25) is 0 Å². The fourth-order valence-electron chi connectivity index (χ4n) is 0.325. The van der Waals surface area contributed by atoms with Crippen LogP contribution in [0.1, 0.15) is 0 Å². The van der Waals surface area contributed by atoms with Gasteiger partial charge >= 0.3 is 5.76 Å². The fourth-order valence-corrected chi connectivity index (χ4v) is 0.863. The molecule has 0 atom stereocenters. The predicted molar refractivity (Wildman–Crippen MR) is 35.0 cm³/mol. The molecule has 0 saturated heterocycles. The van der Waals surface area contributed by atoms with Crippen molar-refractivity contribution in [3.05, 3.63) is 0 Å². The SMILES string of the molecule is O=S(=O)(NCC(F)(F)CO)C(F)F. The molecule has 0 aromatic heterocycles. The Labute approximate surface area is 71.6 Å². The Balaban J connectivity index is 4.19. The third kappa shape index (κ3) is 4.39. The monoisotopic (exact) mass is 225 g/mol. The van der Waals surface area contributed by atoms with Gasteiger partial charge in [-0.2, -0.15) is 8.78 Å². The fraction of sp³-hybridized carbons (Fsp3) is 1.00. The summed E-state index contributed by atoms with van der Waals surface area (Å²) in [5.74, 6) is -7.50. The Bertz CT molecular complexity index is 252. The minimum atomic E-state index is -5.02. The molecule has 0 rings (SSSR count). The van der Waals surface area contributed by atoms with Crippen LogP contribution in [-0.4, -0.2) is 38.4 Å². The van der Waals surface area contributed by atoms with Crippen LogP contribution in [0, 0.1) is 0 Å². The lowest BCUT2D eigenvalue weighted by atomic mass is 10.4. The van der Waals surface area contributed by atoms with Crippen LogP contribution in [0.4, 0.5) is 17.6 Å². The number of aliphatic hydroxyl groups is 1. The van der Waals surface area contributed by atoms with Gasteiger partial charge in [0.2, 0.25) is 0 Å². The number of halogens is 4. The molecular formula is C4H7F4NO3S. The second kappa shape index (κ2) is 4.20. The minimum Gasteiger partial charge on any atom is -0.390 e. The predicted octanol–water partition coefficient (Wildman–Crippen LogP) is -0.244. The van der Waals surface area contributed by atoms with Gasteiger partial charge in [0.25, 0.3) is 15.9 Å². The summed E-state index contributed by atoms with van der Waals surface area (Å²) in [6.45, 7) is -3.16. The summed E-state index contributed by atoms with van der Waals surface area (Å²) in [5, 5.41) is 7.96. The maximum absolute atomic E-state index is 12.1. The van der Waals surface area contributed by atoms with Crippen LogP contribution in [0.15, 0.2) is 0 Å². The molecule has 0 aliphatic carbocycles. The molecule has 0 heterocycles. The Kier molecular flexibility index (Phi) is 4.07. The quantitative estimate of drug-likeness (QED) is 0.634. The third-order valence-electron chi connectivity index (χ3n) is 0.998. The van der Waals surface area contributed by atoms with Crippen molar-refractivity contribution in [2.24, 2.45) is 0 Å². The smallest absolute Gasteiger partial charge is 0.350 e. The van der Waals surface area contributed by atoms with E-state index in [-0.39, 0.29) is 0 Å². The van der Waals surface area contributed by atoms with Crippen molar-refractivity contribution in [1.29, 1.82) is 0 Å². The summed E-state index contributed by atoms with van der Waals surface area (Å²) in [6.07, 6.45) is 0. The standard InChI is InChI=1S/C4H7F4NO3S/c5-3(6)13(11,12)9-1-4(7,8)2-10/h3,9-10H,1-2H2. The van der Waals surface area contributed by atoms with E-state index in [1.807, 2.05) is 0 Å². The second-order valence-corrected chi connectivity index (χ2v) is 3.88. The first kappa shape index (κ1) is 12.6. The van der Waals surface area contributed by atoms with Crippen molar-refractivity contribution in [2.75, 3.05) is 13.2 Å². The number of hydrogen-bond acceptors (Lipinski definition) is 3. The van der Waals surface area contributed by atoms with E-state index in [9.17, 15) is 26.0 Å². The maximum atomic E-state index is 12.1. The van der Waals surface area contributed by atoms with E-state index >= 15 is 0 Å². The molecule has 0 aromatic rings. The summed E-state index contributed by atoms with van der Waals surface area (Å²) in [7, 11) is -5.02. The van der Waals surface area contributed by atoms with Crippen LogP contribution >= 0.6 is 0 Å². The van der Waals surface area contributed by atoms with Gasteiger partial charge in [0.05, 0.1) is 6.54 Å². The molecule has 0 fully saturated rings. The van der Waals surface area contributed by atoms with Gasteiger partial charge in [-0.05, 0) is 0 Å². The highest BCUT2D eigenvalue weighted by atomic mass is 32.2. The van der Waals surface area contributed by atoms with Crippen LogP contribution in [-0.2, 0) is 10.0 Å². The lowest BCUT2D eigenvalue weighted by molar-refractivity contribution is -0.0439. The van der Waals surface area contributed by atoms with Crippen LogP contribution in [0.5, 0.6) is 0 Å². The number of rotatable bonds is 5. The number of hydrogen-bond donors (Lipinski definition) is 2. The van der Waals surface area contributed by atoms with E-state index in [0.717, 1.165) is 4.72 Å². The van der Waals surface area contributed by atoms with Gasteiger partial charge in [0.1, 0.15) is 6.61 Å². The molecule has 0 aliphatic rings. The molecule has 4 nitrogen and oxygen atoms in total. The van der Waals surface area contributed by atoms with Crippen LogP contribution in [0.2, 0.25) is 0 Å². The zero-order valence-corrected chi connectivity index (χ0v) is 6.99. The van der Waals surface area contributed by atoms with Crippen molar-refractivity contribution in [3.63, 3.8) is 0 Å². The number of nitrogens with one attached hydrogen (secondary N) is 1. The summed E-state index contributed by atoms with van der Waals surface area (Å²) in [5.41, 5.74) is 0. The first-order valence-corrected chi connectivity index (χ1v) is 4.51. The highest BCUT2D eigenvalue weighted by Gasteiger charge is 2.32. The molecule has 0 bridgehead atoms. The van der Waals surface area contributed by atoms with E-state index in [1.165, 1.54) is 0 Å². The first-order valence-electron chi connectivity index (χ1n) is 2.96. The van der Waals surface area contributed by atoms with Gasteiger partial charge in [-0.25, -0.2) is 21.9 Å². The van der Waals surface area contributed by atoms with Gasteiger partial charge in [-0.1, -0.05) is 0 Å². The molecule has 0 unspecified atom stereocenters. The molecule has 2 N–H and O–H groups in total. The van der Waals surface area contributed by atoms with Crippen molar-refractivity contribution in [1.82, 2.24) is 4.72 Å². The van der Waals surface area contributed by atoms with Gasteiger partial charge in [-0.15, -0.1) is 0 Å². The van der Waals surface area contributed by atoms with Gasteiger partial charge in [0.15, 0.2) is 0 Å². The molecule has 0 aromatic carbocycles. The Hall–Kier alpha value is -0.410. The van der Waals surface area contributed by atoms with E-state index in [4.69, 9.17) is 5.11 Å². The van der Waals surface area contributed by atoms with Crippen molar-refractivity contribution >= 4 is 10.0 Å². The van der Waals surface area contributed by atoms with Crippen LogP contribution in [0.25, 0.3) is 0 Å². The molecule has 9 heteroatoms. The Morgan fingerprint density at radius 2 is 1.85 bits per heavy atom. The maximum Gasteiger partial charge on any atom is 0.350 e. The molecule has 0 amide bonds. The highest BCUT2D eigenvalue weighted by molar-refractivity contribution is 7.89. The van der Waals surface area contributed by atoms with Crippen molar-refractivity contribution in [2.45, 2.75) is 11.7 Å². The zero-order valence-electron chi connectivity index (χ0n) is 6.18. The molecular weight excluding hydrogens is 218 g/mol. The molecule has 80 valence electrons. The summed E-state index contributed by atoms with van der Waals surface area (Å²) < 4.78 is 68.7. The number of sulfonamides is 1. The average molecular weight is 225 g/mol. The van der Waals surface area contributed by atoms with E-state index in [2.05, 4.69) is 0 Å². The number of aliphatic hydroxyl groups excluding tert-OH is 1. The Morgan fingerprint density at radius 3 is 2.15 bits per heavy atom. The summed E-state index contributed by atoms with van der Waals surface area (Å²) >= 11 is 0. The van der Waals surface area contributed by atoms with Crippen LogP contribution < -0.4 is 4.72 Å². The molecule has 0 saturated carbocycles. The van der Waals surface area contributed by atoms with Crippen molar-refractivity contribution < 1.29 is 31.1 Å². The largest absolute Gasteiger partial charge is 0.390 e. The van der Waals surface area contributed by atoms with Crippen molar-refractivity contribution in [3.8, 4) is 0 Å². The lowest BCUT2D eigenvalue weighted by Crippen LogP contribution is -2.41. The third-order valence-corrected chi connectivity index (χ3v) is 2.01. The highest BCUT2D eigenvalue weighted by Crippen LogP contribution is 2.11. The summed E-state index contributed by atoms with van der Waals surface area (Å²) in [4.78, 5) is 0. The van der Waals surface area contributed by atoms with Gasteiger partial charge < -0.3 is 5.11 Å². The summed E-state index contributed by atoms with van der Waals surface area (Å²) in [6, 6.07) is 0. The average Bonchev–Trinajstić information content (AvgIpc) is 2.01. The Morgan fingerprint density at radius 1 is 1.38 bits per heavy atom. The van der Waals surface area contributed by atoms with E-state index < -0.39 is 34.9 Å². The molecule has 0 aliphatic heterocycles. The molecule has 0 spiro atoms. The van der Waals surface area contributed by atoms with Crippen LogP contribution in [0.3, 0.4) is 0 Å². The first-order chi connectivity index (χ1) is 5.71. The zero-order chi connectivity index (χ0) is 10.7. The topological polar surface area (TPSA) is 66.4 Å². The van der Waals surface area contributed by atoms with E-state index in [0.29, 0.717) is 0 Å². The van der Waals surface area contributed by atoms with E-state index in [1.54, 1.807) is 0 Å². The van der Waals surface area contributed by atoms with Gasteiger partial charge in [0, 0.05) is 0 Å². The normalized spacial score (nSPS) is 13.7.